The second-order valence-corrected chi connectivity index (χ2v) is 5.54. The molecule has 2 aliphatic rings. The zero-order chi connectivity index (χ0) is 14.1. The third-order valence-corrected chi connectivity index (χ3v) is 4.27. The van der Waals surface area contributed by atoms with E-state index in [2.05, 4.69) is 5.32 Å². The van der Waals surface area contributed by atoms with Gasteiger partial charge in [0.05, 0.1) is 11.3 Å². The molecule has 0 bridgehead atoms. The normalized spacial score (nSPS) is 24.7. The highest BCUT2D eigenvalue weighted by atomic mass is 16.6. The van der Waals surface area contributed by atoms with Crippen molar-refractivity contribution in [2.45, 2.75) is 6.42 Å². The van der Waals surface area contributed by atoms with Gasteiger partial charge in [-0.15, -0.1) is 0 Å². The molecule has 2 atom stereocenters. The predicted molar refractivity (Wildman–Crippen MR) is 73.2 cm³/mol. The van der Waals surface area contributed by atoms with E-state index in [0.29, 0.717) is 17.4 Å². The average Bonchev–Trinajstić information content (AvgIpc) is 2.99. The van der Waals surface area contributed by atoms with Crippen molar-refractivity contribution in [1.29, 1.82) is 0 Å². The van der Waals surface area contributed by atoms with Crippen molar-refractivity contribution >= 4 is 11.6 Å². The highest BCUT2D eigenvalue weighted by Crippen LogP contribution is 2.27. The van der Waals surface area contributed by atoms with Gasteiger partial charge >= 0.3 is 0 Å². The number of nitrogens with zero attached hydrogens (tertiary/aromatic N) is 2. The maximum Gasteiger partial charge on any atom is 0.273 e. The molecule has 0 spiro atoms. The Morgan fingerprint density at radius 1 is 1.30 bits per heavy atom. The molecular formula is C14H17N3O3. The van der Waals surface area contributed by atoms with Crippen molar-refractivity contribution in [2.24, 2.45) is 11.8 Å². The predicted octanol–water partition coefficient (Wildman–Crippen LogP) is 0.815. The number of rotatable bonds is 3. The van der Waals surface area contributed by atoms with Crippen LogP contribution < -0.4 is 5.32 Å². The monoisotopic (exact) mass is 275 g/mol. The lowest BCUT2D eigenvalue weighted by molar-refractivity contribution is -0.385. The Hall–Kier alpha value is -1.95. The molecule has 1 aromatic carbocycles. The average molecular weight is 275 g/mol. The molecule has 20 heavy (non-hydrogen) atoms. The summed E-state index contributed by atoms with van der Waals surface area (Å²) in [6.07, 6.45) is 0.115. The van der Waals surface area contributed by atoms with Gasteiger partial charge in [0.15, 0.2) is 0 Å². The van der Waals surface area contributed by atoms with Crippen LogP contribution in [0.3, 0.4) is 0 Å². The molecule has 106 valence electrons. The lowest BCUT2D eigenvalue weighted by Crippen LogP contribution is -2.33. The summed E-state index contributed by atoms with van der Waals surface area (Å²) in [5.41, 5.74) is 0.527. The molecule has 2 heterocycles. The van der Waals surface area contributed by atoms with Crippen molar-refractivity contribution in [3.63, 3.8) is 0 Å². The smallest absolute Gasteiger partial charge is 0.273 e. The topological polar surface area (TPSA) is 75.5 Å². The first-order chi connectivity index (χ1) is 9.65. The maximum absolute atomic E-state index is 12.3. The zero-order valence-corrected chi connectivity index (χ0v) is 11.1. The van der Waals surface area contributed by atoms with Crippen LogP contribution in [-0.2, 0) is 11.2 Å². The number of nitro groups is 1. The quantitative estimate of drug-likeness (QED) is 0.654. The van der Waals surface area contributed by atoms with Crippen molar-refractivity contribution in [1.82, 2.24) is 10.2 Å². The number of hydrogen-bond donors (Lipinski definition) is 1. The van der Waals surface area contributed by atoms with E-state index in [-0.39, 0.29) is 18.0 Å². The Balaban J connectivity index is 1.69. The largest absolute Gasteiger partial charge is 0.342 e. The molecule has 3 rings (SSSR count). The van der Waals surface area contributed by atoms with Gasteiger partial charge in [-0.3, -0.25) is 14.9 Å². The fourth-order valence-electron chi connectivity index (χ4n) is 3.17. The van der Waals surface area contributed by atoms with Gasteiger partial charge in [-0.25, -0.2) is 0 Å². The van der Waals surface area contributed by atoms with Gasteiger partial charge in [0.25, 0.3) is 5.69 Å². The summed E-state index contributed by atoms with van der Waals surface area (Å²) in [7, 11) is 0. The number of nitro benzene ring substituents is 1. The minimum atomic E-state index is -0.425. The Bertz CT molecular complexity index is 534. The highest BCUT2D eigenvalue weighted by Gasteiger charge is 2.38. The minimum absolute atomic E-state index is 0.00583. The number of amides is 1. The third-order valence-electron chi connectivity index (χ3n) is 4.27. The van der Waals surface area contributed by atoms with Gasteiger partial charge < -0.3 is 10.2 Å². The van der Waals surface area contributed by atoms with E-state index in [4.69, 9.17) is 0 Å². The van der Waals surface area contributed by atoms with E-state index in [9.17, 15) is 14.9 Å². The number of carbonyl (C=O) groups is 1. The van der Waals surface area contributed by atoms with Gasteiger partial charge in [0.1, 0.15) is 0 Å². The van der Waals surface area contributed by atoms with Crippen LogP contribution in [0.2, 0.25) is 0 Å². The third kappa shape index (κ3) is 2.38. The first-order valence-electron chi connectivity index (χ1n) is 6.86. The summed E-state index contributed by atoms with van der Waals surface area (Å²) in [4.78, 5) is 24.7. The second-order valence-electron chi connectivity index (χ2n) is 5.54. The van der Waals surface area contributed by atoms with Crippen LogP contribution in [0.25, 0.3) is 0 Å². The van der Waals surface area contributed by atoms with Crippen LogP contribution in [0.5, 0.6) is 0 Å². The van der Waals surface area contributed by atoms with E-state index in [1.807, 2.05) is 4.90 Å². The first-order valence-corrected chi connectivity index (χ1v) is 6.86. The van der Waals surface area contributed by atoms with Crippen molar-refractivity contribution < 1.29 is 9.72 Å². The molecule has 6 heteroatoms. The summed E-state index contributed by atoms with van der Waals surface area (Å²) in [6.45, 7) is 3.49. The van der Waals surface area contributed by atoms with E-state index >= 15 is 0 Å². The van der Waals surface area contributed by atoms with Gasteiger partial charge in [-0.1, -0.05) is 18.2 Å². The fourth-order valence-corrected chi connectivity index (χ4v) is 3.17. The Morgan fingerprint density at radius 3 is 2.60 bits per heavy atom. The van der Waals surface area contributed by atoms with Gasteiger partial charge in [-0.05, 0) is 11.8 Å². The molecule has 6 nitrogen and oxygen atoms in total. The van der Waals surface area contributed by atoms with Crippen molar-refractivity contribution in [3.05, 3.63) is 39.9 Å². The summed E-state index contributed by atoms with van der Waals surface area (Å²) < 4.78 is 0. The molecule has 2 fully saturated rings. The fraction of sp³-hybridized carbons (Fsp3) is 0.500. The Labute approximate surface area is 116 Å². The Kier molecular flexibility index (Phi) is 3.40. The number of carbonyl (C=O) groups excluding carboxylic acids is 1. The van der Waals surface area contributed by atoms with Crippen LogP contribution in [-0.4, -0.2) is 41.9 Å². The number of likely N-dealkylation sites (tertiary alicyclic amines) is 1. The molecule has 0 unspecified atom stereocenters. The highest BCUT2D eigenvalue weighted by molar-refractivity contribution is 5.80. The first kappa shape index (κ1) is 13.1. The summed E-state index contributed by atoms with van der Waals surface area (Å²) in [5, 5.41) is 14.3. The standard InChI is InChI=1S/C14H17N3O3/c18-14(16-8-11-6-15-7-12(11)9-16)5-10-3-1-2-4-13(10)17(19)20/h1-4,11-12,15H,5-9H2/t11-,12+. The summed E-state index contributed by atoms with van der Waals surface area (Å²) in [5.74, 6) is 1.09. The molecule has 0 radical (unpaired) electrons. The molecule has 1 amide bonds. The number of nitrogens with one attached hydrogen (secondary N) is 1. The van der Waals surface area contributed by atoms with Crippen LogP contribution >= 0.6 is 0 Å². The van der Waals surface area contributed by atoms with E-state index in [0.717, 1.165) is 26.2 Å². The summed E-state index contributed by atoms with van der Waals surface area (Å²) >= 11 is 0. The second kappa shape index (κ2) is 5.20. The van der Waals surface area contributed by atoms with E-state index in [1.54, 1.807) is 18.2 Å². The van der Waals surface area contributed by atoms with Crippen LogP contribution in [0, 0.1) is 22.0 Å². The molecule has 0 aromatic heterocycles. The van der Waals surface area contributed by atoms with E-state index < -0.39 is 4.92 Å². The van der Waals surface area contributed by atoms with Crippen LogP contribution in [0.4, 0.5) is 5.69 Å². The van der Waals surface area contributed by atoms with Gasteiger partial charge in [0, 0.05) is 37.8 Å². The minimum Gasteiger partial charge on any atom is -0.342 e. The molecule has 2 saturated heterocycles. The number of hydrogen-bond acceptors (Lipinski definition) is 4. The molecule has 2 aliphatic heterocycles. The number of benzene rings is 1. The van der Waals surface area contributed by atoms with Crippen molar-refractivity contribution in [2.75, 3.05) is 26.2 Å². The maximum atomic E-state index is 12.3. The Morgan fingerprint density at radius 2 is 1.95 bits per heavy atom. The molecule has 0 aliphatic carbocycles. The lowest BCUT2D eigenvalue weighted by atomic mass is 10.0. The molecular weight excluding hydrogens is 258 g/mol. The SMILES string of the molecule is O=C(Cc1ccccc1[N+](=O)[O-])N1C[C@H]2CNC[C@H]2C1. The van der Waals surface area contributed by atoms with Crippen molar-refractivity contribution in [3.8, 4) is 0 Å². The zero-order valence-electron chi connectivity index (χ0n) is 11.1. The van der Waals surface area contributed by atoms with E-state index in [1.165, 1.54) is 6.07 Å². The van der Waals surface area contributed by atoms with Crippen LogP contribution in [0.1, 0.15) is 5.56 Å². The summed E-state index contributed by atoms with van der Waals surface area (Å²) in [6, 6.07) is 6.47. The van der Waals surface area contributed by atoms with Gasteiger partial charge in [-0.2, -0.15) is 0 Å². The lowest BCUT2D eigenvalue weighted by Gasteiger charge is -2.17. The molecule has 0 saturated carbocycles. The molecule has 1 aromatic rings. The number of para-hydroxylation sites is 1. The van der Waals surface area contributed by atoms with Gasteiger partial charge in [0.2, 0.25) is 5.91 Å². The van der Waals surface area contributed by atoms with Crippen LogP contribution in [0.15, 0.2) is 24.3 Å². The molecule has 1 N–H and O–H groups in total. The number of fused-ring (bicyclic) bond motifs is 1.